The van der Waals surface area contributed by atoms with Crippen LogP contribution in [0.2, 0.25) is 0 Å². The van der Waals surface area contributed by atoms with Crippen LogP contribution in [-0.2, 0) is 14.8 Å². The molecule has 3 N–H and O–H groups in total. The summed E-state index contributed by atoms with van der Waals surface area (Å²) < 4.78 is 32.2. The number of amides is 1. The molecule has 26 heavy (non-hydrogen) atoms. The molecule has 1 saturated heterocycles. The second kappa shape index (κ2) is 10.7. The Kier molecular flexibility index (Phi) is 9.35. The molecule has 1 heterocycles. The summed E-state index contributed by atoms with van der Waals surface area (Å²) >= 11 is 0. The maximum absolute atomic E-state index is 12.2. The molecule has 1 aliphatic heterocycles. The van der Waals surface area contributed by atoms with Crippen molar-refractivity contribution in [3.63, 3.8) is 0 Å². The summed E-state index contributed by atoms with van der Waals surface area (Å²) in [5.74, 6) is 0.491. The summed E-state index contributed by atoms with van der Waals surface area (Å²) in [5, 5.41) is 6.29. The molecule has 0 saturated carbocycles. The Morgan fingerprint density at radius 3 is 2.62 bits per heavy atom. The van der Waals surface area contributed by atoms with E-state index in [4.69, 9.17) is 4.74 Å². The van der Waals surface area contributed by atoms with Gasteiger partial charge in [0.15, 0.2) is 0 Å². The fraction of sp³-hybridized carbons (Fsp3) is 0.588. The van der Waals surface area contributed by atoms with Gasteiger partial charge in [-0.05, 0) is 57.5 Å². The van der Waals surface area contributed by atoms with Crippen molar-refractivity contribution in [3.05, 3.63) is 24.3 Å². The Morgan fingerprint density at radius 1 is 1.31 bits per heavy atom. The van der Waals surface area contributed by atoms with E-state index in [9.17, 15) is 13.2 Å². The summed E-state index contributed by atoms with van der Waals surface area (Å²) in [6.45, 7) is 5.43. The molecule has 1 fully saturated rings. The van der Waals surface area contributed by atoms with Crippen LogP contribution in [0.3, 0.4) is 0 Å². The van der Waals surface area contributed by atoms with Crippen LogP contribution in [0, 0.1) is 0 Å². The number of carbonyl (C=O) groups is 1. The minimum atomic E-state index is -3.63. The van der Waals surface area contributed by atoms with E-state index in [1.165, 1.54) is 12.1 Å². The van der Waals surface area contributed by atoms with E-state index in [-0.39, 0.29) is 42.2 Å². The number of carbonyl (C=O) groups excluding carboxylic acids is 1. The molecule has 0 radical (unpaired) electrons. The molecule has 1 aromatic carbocycles. The summed E-state index contributed by atoms with van der Waals surface area (Å²) in [4.78, 5) is 12.1. The first-order chi connectivity index (χ1) is 11.9. The van der Waals surface area contributed by atoms with Gasteiger partial charge in [0.25, 0.3) is 0 Å². The molecule has 9 heteroatoms. The minimum Gasteiger partial charge on any atom is -0.494 e. The molecule has 2 atom stereocenters. The predicted molar refractivity (Wildman–Crippen MR) is 103 cm³/mol. The van der Waals surface area contributed by atoms with Crippen LogP contribution in [-0.4, -0.2) is 46.1 Å². The molecule has 1 amide bonds. The topological polar surface area (TPSA) is 96.5 Å². The highest BCUT2D eigenvalue weighted by atomic mass is 35.5. The highest BCUT2D eigenvalue weighted by molar-refractivity contribution is 7.89. The highest BCUT2D eigenvalue weighted by Gasteiger charge is 2.20. The Bertz CT molecular complexity index is 667. The van der Waals surface area contributed by atoms with Gasteiger partial charge in [-0.1, -0.05) is 0 Å². The minimum absolute atomic E-state index is 0. The van der Waals surface area contributed by atoms with Gasteiger partial charge < -0.3 is 15.4 Å². The third-order valence-electron chi connectivity index (χ3n) is 4.08. The van der Waals surface area contributed by atoms with Gasteiger partial charge >= 0.3 is 0 Å². The average Bonchev–Trinajstić information content (AvgIpc) is 2.55. The Morgan fingerprint density at radius 2 is 2.00 bits per heavy atom. The lowest BCUT2D eigenvalue weighted by molar-refractivity contribution is -0.121. The number of rotatable bonds is 8. The molecule has 2 rings (SSSR count). The zero-order valence-electron chi connectivity index (χ0n) is 15.2. The number of ether oxygens (including phenoxy) is 1. The van der Waals surface area contributed by atoms with E-state index in [2.05, 4.69) is 22.3 Å². The molecule has 0 spiro atoms. The molecule has 1 aliphatic rings. The van der Waals surface area contributed by atoms with Crippen LogP contribution in [0.5, 0.6) is 5.75 Å². The summed E-state index contributed by atoms with van der Waals surface area (Å²) in [5.41, 5.74) is 0. The lowest BCUT2D eigenvalue weighted by atomic mass is 10.0. The van der Waals surface area contributed by atoms with E-state index in [1.54, 1.807) is 12.1 Å². The predicted octanol–water partition coefficient (Wildman–Crippen LogP) is 1.43. The standard InChI is InChI=1S/C17H27N3O4S.ClH/c1-3-24-15-4-6-16(7-5-15)25(22,23)19-11-9-17(21)20-14-8-10-18-13(2)12-14;/h4-7,13-14,18-19H,3,8-12H2,1-2H3,(H,20,21);1H. The molecule has 2 unspecified atom stereocenters. The quantitative estimate of drug-likeness (QED) is 0.608. The van der Waals surface area contributed by atoms with Gasteiger partial charge in [0, 0.05) is 25.0 Å². The number of nitrogens with one attached hydrogen (secondary N) is 3. The lowest BCUT2D eigenvalue weighted by Crippen LogP contribution is -2.47. The smallest absolute Gasteiger partial charge is 0.240 e. The van der Waals surface area contributed by atoms with Gasteiger partial charge in [0.2, 0.25) is 15.9 Å². The number of sulfonamides is 1. The van der Waals surface area contributed by atoms with Crippen LogP contribution < -0.4 is 20.1 Å². The molecule has 0 bridgehead atoms. The van der Waals surface area contributed by atoms with Crippen molar-refractivity contribution in [1.82, 2.24) is 15.4 Å². The van der Waals surface area contributed by atoms with Crippen LogP contribution in [0.4, 0.5) is 0 Å². The van der Waals surface area contributed by atoms with Gasteiger partial charge in [0.05, 0.1) is 11.5 Å². The van der Waals surface area contributed by atoms with Crippen molar-refractivity contribution in [3.8, 4) is 5.75 Å². The largest absolute Gasteiger partial charge is 0.494 e. The Hall–Kier alpha value is -1.35. The van der Waals surface area contributed by atoms with Crippen molar-refractivity contribution in [2.24, 2.45) is 0 Å². The third-order valence-corrected chi connectivity index (χ3v) is 5.55. The second-order valence-electron chi connectivity index (χ2n) is 6.20. The van der Waals surface area contributed by atoms with Crippen LogP contribution in [0.1, 0.15) is 33.1 Å². The molecule has 0 aromatic heterocycles. The number of piperidine rings is 1. The van der Waals surface area contributed by atoms with Crippen molar-refractivity contribution >= 4 is 28.3 Å². The van der Waals surface area contributed by atoms with Crippen molar-refractivity contribution in [2.45, 2.75) is 50.1 Å². The van der Waals surface area contributed by atoms with E-state index < -0.39 is 10.0 Å². The fourth-order valence-corrected chi connectivity index (χ4v) is 3.86. The number of hydrogen-bond acceptors (Lipinski definition) is 5. The van der Waals surface area contributed by atoms with Crippen LogP contribution in [0.15, 0.2) is 29.2 Å². The Labute approximate surface area is 161 Å². The number of halogens is 1. The third kappa shape index (κ3) is 7.11. The van der Waals surface area contributed by atoms with Gasteiger partial charge in [-0.2, -0.15) is 0 Å². The molecule has 0 aliphatic carbocycles. The average molecular weight is 406 g/mol. The zero-order valence-corrected chi connectivity index (χ0v) is 16.8. The maximum Gasteiger partial charge on any atom is 0.240 e. The lowest BCUT2D eigenvalue weighted by Gasteiger charge is -2.28. The van der Waals surface area contributed by atoms with Crippen molar-refractivity contribution in [2.75, 3.05) is 19.7 Å². The molecular formula is C17H28ClN3O4S. The molecule has 7 nitrogen and oxygen atoms in total. The normalized spacial score (nSPS) is 20.1. The number of hydrogen-bond donors (Lipinski definition) is 3. The first-order valence-corrected chi connectivity index (χ1v) is 10.1. The van der Waals surface area contributed by atoms with Crippen molar-refractivity contribution in [1.29, 1.82) is 0 Å². The summed E-state index contributed by atoms with van der Waals surface area (Å²) in [6, 6.07) is 6.75. The fourth-order valence-electron chi connectivity index (χ4n) is 2.83. The summed E-state index contributed by atoms with van der Waals surface area (Å²) in [6.07, 6.45) is 1.91. The van der Waals surface area contributed by atoms with Crippen molar-refractivity contribution < 1.29 is 17.9 Å². The Balaban J connectivity index is 0.00000338. The van der Waals surface area contributed by atoms with Gasteiger partial charge in [-0.3, -0.25) is 4.79 Å². The highest BCUT2D eigenvalue weighted by Crippen LogP contribution is 2.15. The maximum atomic E-state index is 12.2. The van der Waals surface area contributed by atoms with Crippen LogP contribution in [0.25, 0.3) is 0 Å². The van der Waals surface area contributed by atoms with Gasteiger partial charge in [-0.25, -0.2) is 13.1 Å². The molecular weight excluding hydrogens is 378 g/mol. The monoisotopic (exact) mass is 405 g/mol. The SMILES string of the molecule is CCOc1ccc(S(=O)(=O)NCCC(=O)NC2CCNC(C)C2)cc1.Cl. The molecule has 1 aromatic rings. The molecule has 148 valence electrons. The number of benzene rings is 1. The summed E-state index contributed by atoms with van der Waals surface area (Å²) in [7, 11) is -3.63. The zero-order chi connectivity index (χ0) is 18.3. The van der Waals surface area contributed by atoms with E-state index in [1.807, 2.05) is 6.92 Å². The first-order valence-electron chi connectivity index (χ1n) is 8.66. The van der Waals surface area contributed by atoms with E-state index >= 15 is 0 Å². The first kappa shape index (κ1) is 22.7. The second-order valence-corrected chi connectivity index (χ2v) is 7.96. The van der Waals surface area contributed by atoms with Gasteiger partial charge in [0.1, 0.15) is 5.75 Å². The van der Waals surface area contributed by atoms with E-state index in [0.29, 0.717) is 18.4 Å². The van der Waals surface area contributed by atoms with E-state index in [0.717, 1.165) is 19.4 Å². The van der Waals surface area contributed by atoms with Gasteiger partial charge in [-0.15, -0.1) is 12.4 Å². The van der Waals surface area contributed by atoms with Crippen LogP contribution >= 0.6 is 12.4 Å².